The molecular formula is C24H29Cl2N5O3. The standard InChI is InChI=1S/C24H28ClN5O3.ClH/c1-3-33-27-15-16-4-6-19-20(12-16)23(26-14-17-5-7-22(32-2)21(25)13-17)28-29-24(19)30-10-8-18(31)9-11-30;/h4-7,12-13,15,18,31H,3,8-11,14H2,1-2H3,(H,26,28);1H. The lowest BCUT2D eigenvalue weighted by Gasteiger charge is -2.31. The van der Waals surface area contributed by atoms with Crippen LogP contribution in [-0.4, -0.2) is 54.4 Å². The van der Waals surface area contributed by atoms with E-state index in [1.807, 2.05) is 43.3 Å². The van der Waals surface area contributed by atoms with Crippen LogP contribution in [0, 0.1) is 0 Å². The first-order valence-electron chi connectivity index (χ1n) is 11.0. The summed E-state index contributed by atoms with van der Waals surface area (Å²) in [6.07, 6.45) is 2.88. The lowest BCUT2D eigenvalue weighted by atomic mass is 10.1. The minimum atomic E-state index is -0.251. The average Bonchev–Trinajstić information content (AvgIpc) is 2.83. The third-order valence-electron chi connectivity index (χ3n) is 5.63. The van der Waals surface area contributed by atoms with Crippen LogP contribution in [0.25, 0.3) is 10.8 Å². The predicted octanol–water partition coefficient (Wildman–Crippen LogP) is 4.66. The first kappa shape index (κ1) is 25.8. The summed E-state index contributed by atoms with van der Waals surface area (Å²) in [6, 6.07) is 11.7. The van der Waals surface area contributed by atoms with Gasteiger partial charge >= 0.3 is 0 Å². The maximum absolute atomic E-state index is 9.88. The van der Waals surface area contributed by atoms with E-state index in [-0.39, 0.29) is 18.5 Å². The number of anilines is 2. The smallest absolute Gasteiger partial charge is 0.159 e. The third kappa shape index (κ3) is 6.00. The molecule has 0 amide bonds. The number of rotatable bonds is 8. The number of piperidine rings is 1. The number of oxime groups is 1. The van der Waals surface area contributed by atoms with E-state index in [0.29, 0.717) is 29.7 Å². The molecule has 0 bridgehead atoms. The van der Waals surface area contributed by atoms with Crippen LogP contribution in [0.1, 0.15) is 30.9 Å². The molecule has 0 aliphatic carbocycles. The zero-order valence-electron chi connectivity index (χ0n) is 19.2. The van der Waals surface area contributed by atoms with Crippen LogP contribution in [0.4, 0.5) is 11.6 Å². The number of aliphatic hydroxyl groups excluding tert-OH is 1. The second kappa shape index (κ2) is 12.1. The van der Waals surface area contributed by atoms with Gasteiger partial charge in [-0.2, -0.15) is 0 Å². The van der Waals surface area contributed by atoms with Gasteiger partial charge in [0.25, 0.3) is 0 Å². The van der Waals surface area contributed by atoms with Gasteiger partial charge in [0.2, 0.25) is 0 Å². The summed E-state index contributed by atoms with van der Waals surface area (Å²) >= 11 is 6.27. The van der Waals surface area contributed by atoms with E-state index in [2.05, 4.69) is 25.6 Å². The number of methoxy groups -OCH3 is 1. The van der Waals surface area contributed by atoms with Crippen LogP contribution in [0.2, 0.25) is 5.02 Å². The second-order valence-electron chi connectivity index (χ2n) is 7.87. The summed E-state index contributed by atoms with van der Waals surface area (Å²) in [4.78, 5) is 7.30. The Morgan fingerprint density at radius 3 is 2.68 bits per heavy atom. The number of benzene rings is 2. The molecule has 4 rings (SSSR count). The largest absolute Gasteiger partial charge is 0.495 e. The van der Waals surface area contributed by atoms with Gasteiger partial charge in [0.05, 0.1) is 24.5 Å². The van der Waals surface area contributed by atoms with E-state index < -0.39 is 0 Å². The molecule has 182 valence electrons. The molecule has 1 aliphatic heterocycles. The number of halogens is 2. The molecule has 0 unspecified atom stereocenters. The maximum atomic E-state index is 9.88. The van der Waals surface area contributed by atoms with Crippen LogP contribution in [0.15, 0.2) is 41.6 Å². The van der Waals surface area contributed by atoms with Gasteiger partial charge in [-0.25, -0.2) is 0 Å². The molecule has 10 heteroatoms. The Morgan fingerprint density at radius 1 is 1.18 bits per heavy atom. The van der Waals surface area contributed by atoms with Crippen molar-refractivity contribution in [3.05, 3.63) is 52.5 Å². The van der Waals surface area contributed by atoms with E-state index in [9.17, 15) is 5.11 Å². The first-order chi connectivity index (χ1) is 16.1. The van der Waals surface area contributed by atoms with Gasteiger partial charge in [-0.05, 0) is 55.2 Å². The van der Waals surface area contributed by atoms with E-state index in [0.717, 1.165) is 53.6 Å². The van der Waals surface area contributed by atoms with Crippen molar-refractivity contribution >= 4 is 52.6 Å². The summed E-state index contributed by atoms with van der Waals surface area (Å²) in [6.45, 7) is 4.42. The van der Waals surface area contributed by atoms with Crippen molar-refractivity contribution in [3.8, 4) is 5.75 Å². The van der Waals surface area contributed by atoms with Crippen LogP contribution < -0.4 is 15.0 Å². The molecule has 1 aliphatic rings. The zero-order chi connectivity index (χ0) is 23.2. The minimum Gasteiger partial charge on any atom is -0.495 e. The molecule has 0 spiro atoms. The van der Waals surface area contributed by atoms with Crippen LogP contribution >= 0.6 is 24.0 Å². The number of aliphatic hydroxyl groups is 1. The van der Waals surface area contributed by atoms with Crippen molar-refractivity contribution < 1.29 is 14.7 Å². The van der Waals surface area contributed by atoms with Crippen molar-refractivity contribution in [1.82, 2.24) is 10.2 Å². The van der Waals surface area contributed by atoms with Crippen molar-refractivity contribution in [2.24, 2.45) is 5.16 Å². The Hall–Kier alpha value is -2.81. The molecule has 1 saturated heterocycles. The minimum absolute atomic E-state index is 0. The Labute approximate surface area is 210 Å². The van der Waals surface area contributed by atoms with Gasteiger partial charge in [-0.3, -0.25) is 0 Å². The maximum Gasteiger partial charge on any atom is 0.159 e. The molecule has 34 heavy (non-hydrogen) atoms. The second-order valence-corrected chi connectivity index (χ2v) is 8.28. The summed E-state index contributed by atoms with van der Waals surface area (Å²) in [5.74, 6) is 2.13. The average molecular weight is 506 g/mol. The van der Waals surface area contributed by atoms with E-state index >= 15 is 0 Å². The molecule has 3 aromatic rings. The molecule has 0 saturated carbocycles. The Balaban J connectivity index is 0.00000324. The molecule has 0 radical (unpaired) electrons. The van der Waals surface area contributed by atoms with Crippen LogP contribution in [-0.2, 0) is 11.4 Å². The van der Waals surface area contributed by atoms with Crippen molar-refractivity contribution in [3.63, 3.8) is 0 Å². The molecule has 1 fully saturated rings. The highest BCUT2D eigenvalue weighted by Crippen LogP contribution is 2.31. The Morgan fingerprint density at radius 2 is 1.97 bits per heavy atom. The van der Waals surface area contributed by atoms with E-state index in [4.69, 9.17) is 21.2 Å². The van der Waals surface area contributed by atoms with E-state index in [1.54, 1.807) is 13.3 Å². The van der Waals surface area contributed by atoms with Crippen molar-refractivity contribution in [1.29, 1.82) is 0 Å². The third-order valence-corrected chi connectivity index (χ3v) is 5.93. The molecule has 0 atom stereocenters. The van der Waals surface area contributed by atoms with Gasteiger partial charge in [-0.1, -0.05) is 28.9 Å². The quantitative estimate of drug-likeness (QED) is 0.339. The highest BCUT2D eigenvalue weighted by atomic mass is 35.5. The van der Waals surface area contributed by atoms with Crippen molar-refractivity contribution in [2.45, 2.75) is 32.4 Å². The summed E-state index contributed by atoms with van der Waals surface area (Å²) in [5.41, 5.74) is 1.90. The Kier molecular flexibility index (Phi) is 9.15. The van der Waals surface area contributed by atoms with Gasteiger partial charge < -0.3 is 24.9 Å². The van der Waals surface area contributed by atoms with Crippen LogP contribution in [0.5, 0.6) is 5.75 Å². The topological polar surface area (TPSA) is 92.1 Å². The lowest BCUT2D eigenvalue weighted by Crippen LogP contribution is -2.36. The summed E-state index contributed by atoms with van der Waals surface area (Å²) in [7, 11) is 1.60. The fraction of sp³-hybridized carbons (Fsp3) is 0.375. The predicted molar refractivity (Wildman–Crippen MR) is 139 cm³/mol. The number of nitrogens with one attached hydrogen (secondary N) is 1. The molecule has 2 aromatic carbocycles. The normalized spacial score (nSPS) is 14.3. The monoisotopic (exact) mass is 505 g/mol. The summed E-state index contributed by atoms with van der Waals surface area (Å²) < 4.78 is 5.23. The Bertz CT molecular complexity index is 1140. The van der Waals surface area contributed by atoms with Crippen LogP contribution in [0.3, 0.4) is 0 Å². The molecule has 1 aromatic heterocycles. The molecule has 2 N–H and O–H groups in total. The number of ether oxygens (including phenoxy) is 1. The number of aromatic nitrogens is 2. The molecule has 2 heterocycles. The fourth-order valence-electron chi connectivity index (χ4n) is 3.86. The lowest BCUT2D eigenvalue weighted by molar-refractivity contribution is 0.145. The van der Waals surface area contributed by atoms with Gasteiger partial charge in [-0.15, -0.1) is 22.6 Å². The van der Waals surface area contributed by atoms with Gasteiger partial charge in [0, 0.05) is 30.4 Å². The molecular weight excluding hydrogens is 477 g/mol. The van der Waals surface area contributed by atoms with Gasteiger partial charge in [0.15, 0.2) is 11.6 Å². The number of nitrogens with zero attached hydrogens (tertiary/aromatic N) is 4. The number of hydrogen-bond acceptors (Lipinski definition) is 8. The van der Waals surface area contributed by atoms with Crippen molar-refractivity contribution in [2.75, 3.05) is 37.0 Å². The number of hydrogen-bond donors (Lipinski definition) is 2. The fourth-order valence-corrected chi connectivity index (χ4v) is 4.14. The highest BCUT2D eigenvalue weighted by Gasteiger charge is 2.21. The van der Waals surface area contributed by atoms with Gasteiger partial charge in [0.1, 0.15) is 12.4 Å². The first-order valence-corrected chi connectivity index (χ1v) is 11.4. The zero-order valence-corrected chi connectivity index (χ0v) is 20.8. The summed E-state index contributed by atoms with van der Waals surface area (Å²) in [5, 5.41) is 28.8. The van der Waals surface area contributed by atoms with E-state index in [1.165, 1.54) is 0 Å². The SMILES string of the molecule is CCON=Cc1ccc2c(N3CCC(O)CC3)nnc(NCc3ccc(OC)c(Cl)c3)c2c1.Cl. The highest BCUT2D eigenvalue weighted by molar-refractivity contribution is 6.32. The number of fused-ring (bicyclic) bond motifs is 1. The molecule has 8 nitrogen and oxygen atoms in total.